The topological polar surface area (TPSA) is 46.2 Å². The first-order chi connectivity index (χ1) is 10.4. The van der Waals surface area contributed by atoms with Gasteiger partial charge in [-0.1, -0.05) is 57.0 Å². The average molecular weight is 319 g/mol. The van der Waals surface area contributed by atoms with Crippen LogP contribution in [-0.2, 0) is 10.0 Å². The van der Waals surface area contributed by atoms with Crippen molar-refractivity contribution in [2.75, 3.05) is 0 Å². The summed E-state index contributed by atoms with van der Waals surface area (Å²) in [4.78, 5) is 0.335. The lowest BCUT2D eigenvalue weighted by molar-refractivity contribution is 0.488. The smallest absolute Gasteiger partial charge is 0.208 e. The highest BCUT2D eigenvalue weighted by Gasteiger charge is 2.17. The summed E-state index contributed by atoms with van der Waals surface area (Å²) in [5.74, 6) is 0.657. The zero-order chi connectivity index (χ0) is 16.2. The lowest BCUT2D eigenvalue weighted by Gasteiger charge is -2.15. The maximum absolute atomic E-state index is 12.5. The van der Waals surface area contributed by atoms with Crippen LogP contribution in [0.5, 0.6) is 0 Å². The summed E-state index contributed by atoms with van der Waals surface area (Å²) in [5.41, 5.74) is 0. The third-order valence-corrected chi connectivity index (χ3v) is 5.39. The second-order valence-corrected chi connectivity index (χ2v) is 8.07. The van der Waals surface area contributed by atoms with E-state index < -0.39 is 10.0 Å². The molecule has 1 atom stereocenters. The molecule has 0 aromatic heterocycles. The molecule has 2 rings (SSSR count). The van der Waals surface area contributed by atoms with Gasteiger partial charge in [0.15, 0.2) is 0 Å². The summed E-state index contributed by atoms with van der Waals surface area (Å²) < 4.78 is 27.7. The molecule has 0 saturated heterocycles. The summed E-state index contributed by atoms with van der Waals surface area (Å²) >= 11 is 0. The van der Waals surface area contributed by atoms with E-state index in [1.165, 1.54) is 0 Å². The van der Waals surface area contributed by atoms with E-state index in [1.807, 2.05) is 37.3 Å². The van der Waals surface area contributed by atoms with E-state index in [2.05, 4.69) is 18.6 Å². The standard InChI is InChI=1S/C18H25NO2S/c1-14(2)7-6-8-15(3)19-22(20,21)18-12-11-16-9-4-5-10-17(16)13-18/h4-5,9-15,19H,6-8H2,1-3H3. The minimum Gasteiger partial charge on any atom is -0.208 e. The number of sulfonamides is 1. The van der Waals surface area contributed by atoms with Crippen LogP contribution in [0.4, 0.5) is 0 Å². The van der Waals surface area contributed by atoms with E-state index in [0.29, 0.717) is 10.8 Å². The third kappa shape index (κ3) is 4.55. The molecule has 2 aromatic carbocycles. The van der Waals surface area contributed by atoms with Crippen molar-refractivity contribution < 1.29 is 8.42 Å². The molecule has 0 spiro atoms. The quantitative estimate of drug-likeness (QED) is 0.825. The predicted octanol–water partition coefficient (Wildman–Crippen LogP) is 4.33. The van der Waals surface area contributed by atoms with E-state index in [-0.39, 0.29) is 6.04 Å². The van der Waals surface area contributed by atoms with Crippen LogP contribution in [0.15, 0.2) is 47.4 Å². The Morgan fingerprint density at radius 1 is 0.955 bits per heavy atom. The molecule has 0 aliphatic carbocycles. The SMILES string of the molecule is CC(C)CCCC(C)NS(=O)(=O)c1ccc2ccccc2c1. The number of fused-ring (bicyclic) bond motifs is 1. The lowest BCUT2D eigenvalue weighted by atomic mass is 10.0. The van der Waals surface area contributed by atoms with Crippen molar-refractivity contribution in [2.24, 2.45) is 5.92 Å². The van der Waals surface area contributed by atoms with Crippen LogP contribution in [0.3, 0.4) is 0 Å². The first kappa shape index (κ1) is 17.0. The van der Waals surface area contributed by atoms with E-state index >= 15 is 0 Å². The molecule has 22 heavy (non-hydrogen) atoms. The van der Waals surface area contributed by atoms with Crippen LogP contribution in [0.2, 0.25) is 0 Å². The van der Waals surface area contributed by atoms with Gasteiger partial charge in [-0.3, -0.25) is 0 Å². The van der Waals surface area contributed by atoms with Gasteiger partial charge in [0.1, 0.15) is 0 Å². The molecule has 0 heterocycles. The van der Waals surface area contributed by atoms with Crippen molar-refractivity contribution in [2.45, 2.75) is 51.0 Å². The van der Waals surface area contributed by atoms with Crippen LogP contribution in [0.1, 0.15) is 40.0 Å². The van der Waals surface area contributed by atoms with Gasteiger partial charge in [0.2, 0.25) is 10.0 Å². The summed E-state index contributed by atoms with van der Waals surface area (Å²) in [6, 6.07) is 13.0. The van der Waals surface area contributed by atoms with Crippen molar-refractivity contribution in [1.82, 2.24) is 4.72 Å². The average Bonchev–Trinajstić information content (AvgIpc) is 2.45. The Morgan fingerprint density at radius 3 is 2.32 bits per heavy atom. The number of hydrogen-bond donors (Lipinski definition) is 1. The van der Waals surface area contributed by atoms with Crippen molar-refractivity contribution in [1.29, 1.82) is 0 Å². The van der Waals surface area contributed by atoms with Crippen molar-refractivity contribution in [3.63, 3.8) is 0 Å². The minimum atomic E-state index is -3.45. The van der Waals surface area contributed by atoms with Gasteiger partial charge in [-0.25, -0.2) is 13.1 Å². The molecule has 120 valence electrons. The zero-order valence-electron chi connectivity index (χ0n) is 13.5. The Bertz CT molecular complexity index is 723. The third-order valence-electron chi connectivity index (χ3n) is 3.81. The van der Waals surface area contributed by atoms with Gasteiger partial charge in [0, 0.05) is 6.04 Å². The van der Waals surface area contributed by atoms with Gasteiger partial charge in [-0.2, -0.15) is 0 Å². The van der Waals surface area contributed by atoms with Crippen LogP contribution in [0, 0.1) is 5.92 Å². The predicted molar refractivity (Wildman–Crippen MR) is 92.4 cm³/mol. The fraction of sp³-hybridized carbons (Fsp3) is 0.444. The highest BCUT2D eigenvalue weighted by molar-refractivity contribution is 7.89. The van der Waals surface area contributed by atoms with E-state index in [0.717, 1.165) is 30.0 Å². The maximum atomic E-state index is 12.5. The normalized spacial score (nSPS) is 13.6. The zero-order valence-corrected chi connectivity index (χ0v) is 14.4. The van der Waals surface area contributed by atoms with Gasteiger partial charge < -0.3 is 0 Å². The molecule has 1 N–H and O–H groups in total. The fourth-order valence-corrected chi connectivity index (χ4v) is 3.87. The molecular weight excluding hydrogens is 294 g/mol. The molecule has 3 nitrogen and oxygen atoms in total. The van der Waals surface area contributed by atoms with Crippen LogP contribution in [0.25, 0.3) is 10.8 Å². The number of hydrogen-bond acceptors (Lipinski definition) is 2. The van der Waals surface area contributed by atoms with Gasteiger partial charge in [-0.05, 0) is 42.2 Å². The highest BCUT2D eigenvalue weighted by atomic mass is 32.2. The van der Waals surface area contributed by atoms with E-state index in [9.17, 15) is 8.42 Å². The largest absolute Gasteiger partial charge is 0.240 e. The molecule has 4 heteroatoms. The van der Waals surface area contributed by atoms with Crippen LogP contribution >= 0.6 is 0 Å². The molecule has 0 aliphatic rings. The summed E-state index contributed by atoms with van der Waals surface area (Å²) in [6.07, 6.45) is 3.03. The van der Waals surface area contributed by atoms with Gasteiger partial charge in [0.25, 0.3) is 0 Å². The Hall–Kier alpha value is -1.39. The second kappa shape index (κ2) is 7.25. The highest BCUT2D eigenvalue weighted by Crippen LogP contribution is 2.19. The minimum absolute atomic E-state index is 0.0461. The summed E-state index contributed by atoms with van der Waals surface area (Å²) in [7, 11) is -3.45. The summed E-state index contributed by atoms with van der Waals surface area (Å²) in [5, 5.41) is 1.99. The van der Waals surface area contributed by atoms with Crippen LogP contribution in [-0.4, -0.2) is 14.5 Å². The Morgan fingerprint density at radius 2 is 1.64 bits per heavy atom. The molecule has 0 aliphatic heterocycles. The van der Waals surface area contributed by atoms with Gasteiger partial charge >= 0.3 is 0 Å². The molecule has 0 bridgehead atoms. The molecular formula is C18H25NO2S. The molecule has 0 amide bonds. The molecule has 1 unspecified atom stereocenters. The Kier molecular flexibility index (Phi) is 5.59. The maximum Gasteiger partial charge on any atom is 0.240 e. The fourth-order valence-electron chi connectivity index (χ4n) is 2.56. The molecule has 0 saturated carbocycles. The Balaban J connectivity index is 2.08. The van der Waals surface area contributed by atoms with Gasteiger partial charge in [-0.15, -0.1) is 0 Å². The second-order valence-electron chi connectivity index (χ2n) is 6.36. The van der Waals surface area contributed by atoms with E-state index in [1.54, 1.807) is 12.1 Å². The van der Waals surface area contributed by atoms with E-state index in [4.69, 9.17) is 0 Å². The number of rotatable bonds is 7. The van der Waals surface area contributed by atoms with Crippen LogP contribution < -0.4 is 4.72 Å². The molecule has 0 fully saturated rings. The van der Waals surface area contributed by atoms with Crippen molar-refractivity contribution in [3.05, 3.63) is 42.5 Å². The van der Waals surface area contributed by atoms with Crippen molar-refractivity contribution >= 4 is 20.8 Å². The van der Waals surface area contributed by atoms with Gasteiger partial charge in [0.05, 0.1) is 4.90 Å². The lowest BCUT2D eigenvalue weighted by Crippen LogP contribution is -2.32. The van der Waals surface area contributed by atoms with Crippen molar-refractivity contribution in [3.8, 4) is 0 Å². The summed E-state index contributed by atoms with van der Waals surface area (Å²) in [6.45, 7) is 6.30. The molecule has 0 radical (unpaired) electrons. The monoisotopic (exact) mass is 319 g/mol. The molecule has 2 aromatic rings. The number of nitrogens with one attached hydrogen (secondary N) is 1. The number of benzene rings is 2. The first-order valence-corrected chi connectivity index (χ1v) is 9.38. The first-order valence-electron chi connectivity index (χ1n) is 7.89. The Labute approximate surface area is 133 Å².